The maximum absolute atomic E-state index is 12.8. The van der Waals surface area contributed by atoms with Crippen molar-refractivity contribution in [2.45, 2.75) is 13.8 Å². The van der Waals surface area contributed by atoms with Crippen LogP contribution >= 0.6 is 11.3 Å². The average Bonchev–Trinajstić information content (AvgIpc) is 3.25. The zero-order chi connectivity index (χ0) is 21.3. The molecular formula is C24H24N2O3S. The smallest absolute Gasteiger partial charge is 0.267 e. The van der Waals surface area contributed by atoms with Crippen LogP contribution in [0.15, 0.2) is 71.7 Å². The topological polar surface area (TPSA) is 67.4 Å². The lowest BCUT2D eigenvalue weighted by atomic mass is 10.1. The number of amides is 2. The van der Waals surface area contributed by atoms with Crippen molar-refractivity contribution in [3.05, 3.63) is 93.3 Å². The van der Waals surface area contributed by atoms with Crippen molar-refractivity contribution in [1.82, 2.24) is 10.6 Å². The Balaban J connectivity index is 1.65. The zero-order valence-corrected chi connectivity index (χ0v) is 17.8. The van der Waals surface area contributed by atoms with Crippen LogP contribution in [0.2, 0.25) is 0 Å². The van der Waals surface area contributed by atoms with Gasteiger partial charge in [-0.25, -0.2) is 0 Å². The fraction of sp³-hybridized carbons (Fsp3) is 0.167. The van der Waals surface area contributed by atoms with Gasteiger partial charge in [-0.1, -0.05) is 42.5 Å². The summed E-state index contributed by atoms with van der Waals surface area (Å²) < 4.78 is 5.72. The molecular weight excluding hydrogens is 396 g/mol. The van der Waals surface area contributed by atoms with Gasteiger partial charge in [-0.3, -0.25) is 9.59 Å². The molecule has 0 spiro atoms. The van der Waals surface area contributed by atoms with E-state index in [9.17, 15) is 9.59 Å². The Hall–Kier alpha value is -3.38. The SMILES string of the molecule is Cc1ccccc1OCCNC(=O)/C(=C/c1cccs1)NC(=O)c1ccccc1C. The van der Waals surface area contributed by atoms with Crippen LogP contribution in [-0.4, -0.2) is 25.0 Å². The zero-order valence-electron chi connectivity index (χ0n) is 17.0. The second kappa shape index (κ2) is 10.4. The van der Waals surface area contributed by atoms with Gasteiger partial charge in [0.05, 0.1) is 6.54 Å². The van der Waals surface area contributed by atoms with E-state index in [4.69, 9.17) is 4.74 Å². The van der Waals surface area contributed by atoms with E-state index >= 15 is 0 Å². The van der Waals surface area contributed by atoms with Gasteiger partial charge in [0.2, 0.25) is 0 Å². The van der Waals surface area contributed by atoms with E-state index in [1.807, 2.05) is 67.8 Å². The number of benzene rings is 2. The molecule has 30 heavy (non-hydrogen) atoms. The molecule has 154 valence electrons. The van der Waals surface area contributed by atoms with E-state index in [1.54, 1.807) is 18.2 Å². The van der Waals surface area contributed by atoms with Gasteiger partial charge in [0.1, 0.15) is 18.1 Å². The summed E-state index contributed by atoms with van der Waals surface area (Å²) in [5, 5.41) is 7.49. The number of carbonyl (C=O) groups excluding carboxylic acids is 2. The first-order valence-electron chi connectivity index (χ1n) is 9.63. The highest BCUT2D eigenvalue weighted by atomic mass is 32.1. The van der Waals surface area contributed by atoms with Gasteiger partial charge in [-0.2, -0.15) is 0 Å². The standard InChI is InChI=1S/C24H24N2O3S/c1-17-8-3-5-11-20(17)23(27)26-21(16-19-10-7-15-30-19)24(28)25-13-14-29-22-12-6-4-9-18(22)2/h3-12,15-16H,13-14H2,1-2H3,(H,25,28)(H,26,27)/b21-16-. The molecule has 2 amide bonds. The number of thiophene rings is 1. The molecule has 0 unspecified atom stereocenters. The Kier molecular flexibility index (Phi) is 7.40. The highest BCUT2D eigenvalue weighted by molar-refractivity contribution is 7.10. The van der Waals surface area contributed by atoms with Gasteiger partial charge in [-0.15, -0.1) is 11.3 Å². The van der Waals surface area contributed by atoms with Crippen LogP contribution in [0.4, 0.5) is 0 Å². The van der Waals surface area contributed by atoms with Crippen molar-refractivity contribution in [2.24, 2.45) is 0 Å². The summed E-state index contributed by atoms with van der Waals surface area (Å²) in [6, 6.07) is 18.8. The lowest BCUT2D eigenvalue weighted by molar-refractivity contribution is -0.117. The number of aryl methyl sites for hydroxylation is 2. The summed E-state index contributed by atoms with van der Waals surface area (Å²) in [6.45, 7) is 4.47. The fourth-order valence-electron chi connectivity index (χ4n) is 2.83. The first-order chi connectivity index (χ1) is 14.5. The molecule has 2 N–H and O–H groups in total. The highest BCUT2D eigenvalue weighted by Gasteiger charge is 2.16. The summed E-state index contributed by atoms with van der Waals surface area (Å²) in [7, 11) is 0. The van der Waals surface area contributed by atoms with Crippen molar-refractivity contribution in [1.29, 1.82) is 0 Å². The van der Waals surface area contributed by atoms with Crippen molar-refractivity contribution < 1.29 is 14.3 Å². The second-order valence-corrected chi connectivity index (χ2v) is 7.69. The van der Waals surface area contributed by atoms with Crippen molar-refractivity contribution >= 4 is 29.2 Å². The van der Waals surface area contributed by atoms with Crippen LogP contribution in [0.3, 0.4) is 0 Å². The molecule has 6 heteroatoms. The minimum Gasteiger partial charge on any atom is -0.491 e. The van der Waals surface area contributed by atoms with Crippen LogP contribution in [0.25, 0.3) is 6.08 Å². The van der Waals surface area contributed by atoms with Crippen molar-refractivity contribution in [3.8, 4) is 5.75 Å². The molecule has 2 aromatic carbocycles. The first kappa shape index (κ1) is 21.3. The average molecular weight is 421 g/mol. The molecule has 0 atom stereocenters. The van der Waals surface area contributed by atoms with E-state index in [2.05, 4.69) is 10.6 Å². The van der Waals surface area contributed by atoms with Gasteiger partial charge in [0.25, 0.3) is 11.8 Å². The quantitative estimate of drug-likeness (QED) is 0.421. The number of ether oxygens (including phenoxy) is 1. The molecule has 1 aromatic heterocycles. The fourth-order valence-corrected chi connectivity index (χ4v) is 3.49. The summed E-state index contributed by atoms with van der Waals surface area (Å²) in [4.78, 5) is 26.3. The van der Waals surface area contributed by atoms with E-state index < -0.39 is 0 Å². The summed E-state index contributed by atoms with van der Waals surface area (Å²) in [5.41, 5.74) is 2.61. The molecule has 1 heterocycles. The molecule has 0 aliphatic carbocycles. The third kappa shape index (κ3) is 5.81. The van der Waals surface area contributed by atoms with Gasteiger partial charge in [0.15, 0.2) is 0 Å². The van der Waals surface area contributed by atoms with Gasteiger partial charge >= 0.3 is 0 Å². The summed E-state index contributed by atoms with van der Waals surface area (Å²) >= 11 is 1.49. The van der Waals surface area contributed by atoms with Gasteiger partial charge in [0, 0.05) is 10.4 Å². The summed E-state index contributed by atoms with van der Waals surface area (Å²) in [6.07, 6.45) is 1.68. The number of nitrogens with one attached hydrogen (secondary N) is 2. The Morgan fingerprint density at radius 3 is 2.40 bits per heavy atom. The molecule has 0 fully saturated rings. The van der Waals surface area contributed by atoms with Gasteiger partial charge < -0.3 is 15.4 Å². The Morgan fingerprint density at radius 2 is 1.70 bits per heavy atom. The molecule has 5 nitrogen and oxygen atoms in total. The molecule has 0 saturated carbocycles. The molecule has 0 saturated heterocycles. The number of para-hydroxylation sites is 1. The predicted octanol–water partition coefficient (Wildman–Crippen LogP) is 4.33. The predicted molar refractivity (Wildman–Crippen MR) is 121 cm³/mol. The number of carbonyl (C=O) groups is 2. The third-order valence-corrected chi connectivity index (χ3v) is 5.27. The highest BCUT2D eigenvalue weighted by Crippen LogP contribution is 2.16. The molecule has 0 aliphatic heterocycles. The minimum absolute atomic E-state index is 0.196. The Morgan fingerprint density at radius 1 is 0.967 bits per heavy atom. The maximum atomic E-state index is 12.8. The Bertz CT molecular complexity index is 1040. The van der Waals surface area contributed by atoms with E-state index in [1.165, 1.54) is 11.3 Å². The Labute approximate surface area is 180 Å². The van der Waals surface area contributed by atoms with Gasteiger partial charge in [-0.05, 0) is 54.6 Å². The van der Waals surface area contributed by atoms with Crippen LogP contribution in [0.5, 0.6) is 5.75 Å². The summed E-state index contributed by atoms with van der Waals surface area (Å²) in [5.74, 6) is 0.106. The lowest BCUT2D eigenvalue weighted by Gasteiger charge is -2.13. The normalized spacial score (nSPS) is 11.1. The van der Waals surface area contributed by atoms with Crippen LogP contribution < -0.4 is 15.4 Å². The number of hydrogen-bond donors (Lipinski definition) is 2. The lowest BCUT2D eigenvalue weighted by Crippen LogP contribution is -2.36. The molecule has 0 bridgehead atoms. The minimum atomic E-state index is -0.362. The molecule has 3 rings (SSSR count). The van der Waals surface area contributed by atoms with Crippen LogP contribution in [0.1, 0.15) is 26.4 Å². The number of rotatable bonds is 8. The largest absolute Gasteiger partial charge is 0.491 e. The molecule has 0 radical (unpaired) electrons. The molecule has 0 aliphatic rings. The number of hydrogen-bond acceptors (Lipinski definition) is 4. The van der Waals surface area contributed by atoms with E-state index in [-0.39, 0.29) is 17.5 Å². The van der Waals surface area contributed by atoms with Crippen molar-refractivity contribution in [2.75, 3.05) is 13.2 Å². The van der Waals surface area contributed by atoms with E-state index in [0.29, 0.717) is 18.7 Å². The second-order valence-electron chi connectivity index (χ2n) is 6.71. The third-order valence-electron chi connectivity index (χ3n) is 4.45. The van der Waals surface area contributed by atoms with E-state index in [0.717, 1.165) is 21.8 Å². The van der Waals surface area contributed by atoms with Crippen molar-refractivity contribution in [3.63, 3.8) is 0 Å². The first-order valence-corrected chi connectivity index (χ1v) is 10.5. The van der Waals surface area contributed by atoms with Crippen LogP contribution in [-0.2, 0) is 4.79 Å². The molecule has 3 aromatic rings. The van der Waals surface area contributed by atoms with Crippen LogP contribution in [0, 0.1) is 13.8 Å². The maximum Gasteiger partial charge on any atom is 0.267 e. The monoisotopic (exact) mass is 420 g/mol.